The van der Waals surface area contributed by atoms with Crippen molar-refractivity contribution in [2.24, 2.45) is 0 Å². The molecule has 0 saturated carbocycles. The van der Waals surface area contributed by atoms with E-state index in [1.54, 1.807) is 0 Å². The van der Waals surface area contributed by atoms with Crippen LogP contribution < -0.4 is 5.73 Å². The fourth-order valence-corrected chi connectivity index (χ4v) is 2.89. The molecule has 0 unspecified atom stereocenters. The summed E-state index contributed by atoms with van der Waals surface area (Å²) in [7, 11) is 0. The third-order valence-corrected chi connectivity index (χ3v) is 3.64. The summed E-state index contributed by atoms with van der Waals surface area (Å²) in [4.78, 5) is 5.08. The first-order valence-electron chi connectivity index (χ1n) is 4.91. The molecule has 0 spiro atoms. The number of thiazole rings is 1. The van der Waals surface area contributed by atoms with Gasteiger partial charge in [-0.15, -0.1) is 11.3 Å². The highest BCUT2D eigenvalue weighted by molar-refractivity contribution is 7.15. The first kappa shape index (κ1) is 10.6. The lowest BCUT2D eigenvalue weighted by Gasteiger charge is -2.08. The number of hydrogen-bond acceptors (Lipinski definition) is 3. The minimum Gasteiger partial charge on any atom is -0.375 e. The van der Waals surface area contributed by atoms with E-state index in [1.165, 1.54) is 23.5 Å². The molecule has 2 N–H and O–H groups in total. The summed E-state index contributed by atoms with van der Waals surface area (Å²) in [6.07, 6.45) is -3.80. The average Bonchev–Trinajstić information content (AvgIpc) is 2.71. The SMILES string of the molecule is Nc1nc2c(s1)Cc1cc(C(F)(F)F)ccc1-2. The second kappa shape index (κ2) is 3.22. The Hall–Kier alpha value is -1.56. The van der Waals surface area contributed by atoms with Crippen LogP contribution in [0.2, 0.25) is 0 Å². The minimum absolute atomic E-state index is 0.459. The van der Waals surface area contributed by atoms with Crippen LogP contribution in [-0.2, 0) is 12.6 Å². The summed E-state index contributed by atoms with van der Waals surface area (Å²) < 4.78 is 37.6. The number of nitrogens with two attached hydrogens (primary N) is 1. The molecule has 0 amide bonds. The zero-order valence-corrected chi connectivity index (χ0v) is 9.32. The number of fused-ring (bicyclic) bond motifs is 3. The van der Waals surface area contributed by atoms with Gasteiger partial charge in [0, 0.05) is 16.9 Å². The Morgan fingerprint density at radius 2 is 2.06 bits per heavy atom. The third kappa shape index (κ3) is 1.59. The predicted molar refractivity (Wildman–Crippen MR) is 59.8 cm³/mol. The normalized spacial score (nSPS) is 13.6. The summed E-state index contributed by atoms with van der Waals surface area (Å²) in [5.41, 5.74) is 7.13. The van der Waals surface area contributed by atoms with Crippen LogP contribution in [0.1, 0.15) is 16.0 Å². The van der Waals surface area contributed by atoms with Gasteiger partial charge in [0.1, 0.15) is 0 Å². The lowest BCUT2D eigenvalue weighted by Crippen LogP contribution is -2.05. The Morgan fingerprint density at radius 1 is 1.29 bits per heavy atom. The van der Waals surface area contributed by atoms with E-state index in [0.717, 1.165) is 22.2 Å². The quantitative estimate of drug-likeness (QED) is 0.670. The molecule has 2 aromatic rings. The topological polar surface area (TPSA) is 38.9 Å². The number of rotatable bonds is 0. The number of nitrogens with zero attached hydrogens (tertiary/aromatic N) is 1. The Balaban J connectivity index is 2.11. The van der Waals surface area contributed by atoms with Crippen molar-refractivity contribution in [1.82, 2.24) is 4.98 Å². The van der Waals surface area contributed by atoms with Gasteiger partial charge in [0.15, 0.2) is 5.13 Å². The van der Waals surface area contributed by atoms with E-state index in [1.807, 2.05) is 0 Å². The summed E-state index contributed by atoms with van der Waals surface area (Å²) in [5, 5.41) is 0.459. The molecule has 1 aliphatic carbocycles. The van der Waals surface area contributed by atoms with Crippen LogP contribution >= 0.6 is 11.3 Å². The lowest BCUT2D eigenvalue weighted by molar-refractivity contribution is -0.137. The molecule has 0 bridgehead atoms. The van der Waals surface area contributed by atoms with Crippen molar-refractivity contribution >= 4 is 16.5 Å². The molecule has 6 heteroatoms. The van der Waals surface area contributed by atoms with Gasteiger partial charge in [0.25, 0.3) is 0 Å². The van der Waals surface area contributed by atoms with Crippen LogP contribution in [0, 0.1) is 0 Å². The number of alkyl halides is 3. The van der Waals surface area contributed by atoms with Gasteiger partial charge in [-0.05, 0) is 17.7 Å². The Morgan fingerprint density at radius 3 is 2.76 bits per heavy atom. The summed E-state index contributed by atoms with van der Waals surface area (Å²) in [6, 6.07) is 3.76. The zero-order chi connectivity index (χ0) is 12.2. The Labute approximate surface area is 98.9 Å². The van der Waals surface area contributed by atoms with Crippen LogP contribution in [-0.4, -0.2) is 4.98 Å². The molecular weight excluding hydrogens is 249 g/mol. The van der Waals surface area contributed by atoms with Crippen LogP contribution in [0.15, 0.2) is 18.2 Å². The number of anilines is 1. The molecule has 88 valence electrons. The first-order valence-corrected chi connectivity index (χ1v) is 5.72. The second-order valence-electron chi connectivity index (χ2n) is 3.87. The monoisotopic (exact) mass is 256 g/mol. The number of halogens is 3. The highest BCUT2D eigenvalue weighted by atomic mass is 32.1. The fourth-order valence-electron chi connectivity index (χ4n) is 2.02. The summed E-state index contributed by atoms with van der Waals surface area (Å²) in [5.74, 6) is 0. The van der Waals surface area contributed by atoms with E-state index in [4.69, 9.17) is 5.73 Å². The molecule has 0 saturated heterocycles. The van der Waals surface area contributed by atoms with Gasteiger partial charge in [-0.25, -0.2) is 4.98 Å². The van der Waals surface area contributed by atoms with Gasteiger partial charge in [-0.3, -0.25) is 0 Å². The summed E-state index contributed by atoms with van der Waals surface area (Å²) in [6.45, 7) is 0. The molecule has 17 heavy (non-hydrogen) atoms. The average molecular weight is 256 g/mol. The lowest BCUT2D eigenvalue weighted by atomic mass is 10.1. The van der Waals surface area contributed by atoms with E-state index in [9.17, 15) is 13.2 Å². The van der Waals surface area contributed by atoms with Crippen molar-refractivity contribution in [2.45, 2.75) is 12.6 Å². The standard InChI is InChI=1S/C11H7F3N2S/c12-11(13,14)6-1-2-7-5(3-6)4-8-9(7)16-10(15)17-8/h1-3H,4H2,(H2,15,16). The van der Waals surface area contributed by atoms with Crippen LogP contribution in [0.3, 0.4) is 0 Å². The molecule has 3 rings (SSSR count). The highest BCUT2D eigenvalue weighted by Crippen LogP contribution is 2.42. The first-order chi connectivity index (χ1) is 7.95. The Bertz CT molecular complexity index is 601. The zero-order valence-electron chi connectivity index (χ0n) is 8.51. The van der Waals surface area contributed by atoms with Gasteiger partial charge in [0.05, 0.1) is 11.3 Å². The molecule has 0 fully saturated rings. The van der Waals surface area contributed by atoms with E-state index in [2.05, 4.69) is 4.98 Å². The molecule has 1 heterocycles. The van der Waals surface area contributed by atoms with Crippen LogP contribution in [0.5, 0.6) is 0 Å². The van der Waals surface area contributed by atoms with Crippen molar-refractivity contribution in [3.8, 4) is 11.3 Å². The van der Waals surface area contributed by atoms with Crippen LogP contribution in [0.4, 0.5) is 18.3 Å². The molecule has 1 aromatic carbocycles. The maximum Gasteiger partial charge on any atom is 0.416 e. The maximum absolute atomic E-state index is 12.5. The molecule has 0 aliphatic heterocycles. The predicted octanol–water partition coefficient (Wildman–Crippen LogP) is 3.32. The number of nitrogen functional groups attached to an aromatic ring is 1. The molecule has 1 aliphatic rings. The van der Waals surface area contributed by atoms with Gasteiger partial charge in [-0.1, -0.05) is 6.07 Å². The van der Waals surface area contributed by atoms with E-state index < -0.39 is 11.7 Å². The smallest absolute Gasteiger partial charge is 0.375 e. The van der Waals surface area contributed by atoms with Crippen molar-refractivity contribution < 1.29 is 13.2 Å². The van der Waals surface area contributed by atoms with Crippen molar-refractivity contribution in [2.75, 3.05) is 5.73 Å². The molecular formula is C11H7F3N2S. The molecule has 2 nitrogen and oxygen atoms in total. The highest BCUT2D eigenvalue weighted by Gasteiger charge is 2.32. The molecule has 0 atom stereocenters. The van der Waals surface area contributed by atoms with Gasteiger partial charge < -0.3 is 5.73 Å². The number of aromatic nitrogens is 1. The fraction of sp³-hybridized carbons (Fsp3) is 0.182. The molecule has 1 aromatic heterocycles. The number of hydrogen-bond donors (Lipinski definition) is 1. The van der Waals surface area contributed by atoms with E-state index in [0.29, 0.717) is 17.1 Å². The second-order valence-corrected chi connectivity index (χ2v) is 4.99. The van der Waals surface area contributed by atoms with Crippen molar-refractivity contribution in [3.05, 3.63) is 34.2 Å². The van der Waals surface area contributed by atoms with E-state index in [-0.39, 0.29) is 0 Å². The largest absolute Gasteiger partial charge is 0.416 e. The van der Waals surface area contributed by atoms with Crippen LogP contribution in [0.25, 0.3) is 11.3 Å². The minimum atomic E-state index is -4.29. The maximum atomic E-state index is 12.5. The van der Waals surface area contributed by atoms with Crippen molar-refractivity contribution in [1.29, 1.82) is 0 Å². The van der Waals surface area contributed by atoms with Gasteiger partial charge in [0.2, 0.25) is 0 Å². The molecule has 0 radical (unpaired) electrons. The summed E-state index contributed by atoms with van der Waals surface area (Å²) >= 11 is 1.33. The van der Waals surface area contributed by atoms with E-state index >= 15 is 0 Å². The van der Waals surface area contributed by atoms with Gasteiger partial charge >= 0.3 is 6.18 Å². The van der Waals surface area contributed by atoms with Crippen molar-refractivity contribution in [3.63, 3.8) is 0 Å². The van der Waals surface area contributed by atoms with Gasteiger partial charge in [-0.2, -0.15) is 13.2 Å². The third-order valence-electron chi connectivity index (χ3n) is 2.75. The Kier molecular flexibility index (Phi) is 2.01. The number of benzene rings is 1.